The molecule has 1 saturated heterocycles. The summed E-state index contributed by atoms with van der Waals surface area (Å²) in [6.07, 6.45) is 4.49. The van der Waals surface area contributed by atoms with E-state index in [2.05, 4.69) is 10.5 Å². The minimum atomic E-state index is -3.95. The van der Waals surface area contributed by atoms with Gasteiger partial charge < -0.3 is 14.6 Å². The Morgan fingerprint density at radius 3 is 2.67 bits per heavy atom. The topological polar surface area (TPSA) is 102 Å². The molecular formula is C26H28ClN3O5S. The zero-order valence-electron chi connectivity index (χ0n) is 20.3. The Labute approximate surface area is 215 Å². The van der Waals surface area contributed by atoms with Gasteiger partial charge in [0, 0.05) is 18.1 Å². The molecule has 2 aromatic carbocycles. The first kappa shape index (κ1) is 25.9. The molecule has 36 heavy (non-hydrogen) atoms. The van der Waals surface area contributed by atoms with Crippen molar-refractivity contribution in [1.82, 2.24) is 9.46 Å². The molecule has 10 heteroatoms. The summed E-state index contributed by atoms with van der Waals surface area (Å²) in [6.45, 7) is 3.94. The fourth-order valence-corrected chi connectivity index (χ4v) is 6.11. The minimum Gasteiger partial charge on any atom is -0.495 e. The number of piperidine rings is 1. The maximum atomic E-state index is 13.6. The van der Waals surface area contributed by atoms with E-state index < -0.39 is 15.9 Å². The maximum absolute atomic E-state index is 13.6. The highest BCUT2D eigenvalue weighted by atomic mass is 35.5. The summed E-state index contributed by atoms with van der Waals surface area (Å²) in [5.41, 5.74) is 2.75. The standard InChI is InChI=1S/C26H28ClN3O5S/c1-17-6-8-19(9-7-17)10-12-24-25(18(2)29-35-24)36(32,33)30-14-4-5-20(16-30)26(31)28-22-15-21(27)11-13-23(22)34-3/h6-13,15,20H,4-5,14,16H2,1-3H3,(H,28,31). The van der Waals surface area contributed by atoms with Gasteiger partial charge in [0.25, 0.3) is 0 Å². The molecule has 1 aromatic heterocycles. The average molecular weight is 530 g/mol. The minimum absolute atomic E-state index is 0.0171. The predicted octanol–water partition coefficient (Wildman–Crippen LogP) is 5.16. The maximum Gasteiger partial charge on any atom is 0.248 e. The lowest BCUT2D eigenvalue weighted by atomic mass is 9.98. The molecule has 0 spiro atoms. The summed E-state index contributed by atoms with van der Waals surface area (Å²) in [7, 11) is -2.45. The predicted molar refractivity (Wildman–Crippen MR) is 139 cm³/mol. The lowest BCUT2D eigenvalue weighted by Gasteiger charge is -2.31. The van der Waals surface area contributed by atoms with Crippen LogP contribution in [-0.4, -0.2) is 44.0 Å². The van der Waals surface area contributed by atoms with Crippen molar-refractivity contribution in [3.63, 3.8) is 0 Å². The van der Waals surface area contributed by atoms with Crippen molar-refractivity contribution < 1.29 is 22.5 Å². The van der Waals surface area contributed by atoms with Crippen LogP contribution >= 0.6 is 11.6 Å². The third kappa shape index (κ3) is 5.64. The van der Waals surface area contributed by atoms with E-state index in [0.717, 1.165) is 11.1 Å². The van der Waals surface area contributed by atoms with E-state index in [1.807, 2.05) is 31.2 Å². The molecule has 1 amide bonds. The van der Waals surface area contributed by atoms with Gasteiger partial charge in [-0.1, -0.05) is 52.7 Å². The summed E-state index contributed by atoms with van der Waals surface area (Å²) in [5, 5.41) is 7.19. The fourth-order valence-electron chi connectivity index (χ4n) is 4.16. The van der Waals surface area contributed by atoms with Crippen molar-refractivity contribution in [2.45, 2.75) is 31.6 Å². The largest absolute Gasteiger partial charge is 0.495 e. The lowest BCUT2D eigenvalue weighted by Crippen LogP contribution is -2.43. The van der Waals surface area contributed by atoms with E-state index in [9.17, 15) is 13.2 Å². The summed E-state index contributed by atoms with van der Waals surface area (Å²) >= 11 is 6.07. The molecule has 1 N–H and O–H groups in total. The number of sulfonamides is 1. The molecule has 1 aliphatic rings. The van der Waals surface area contributed by atoms with Gasteiger partial charge >= 0.3 is 0 Å². The van der Waals surface area contributed by atoms with Crippen molar-refractivity contribution in [1.29, 1.82) is 0 Å². The van der Waals surface area contributed by atoms with E-state index in [0.29, 0.717) is 35.8 Å². The van der Waals surface area contributed by atoms with Crippen LogP contribution < -0.4 is 10.1 Å². The molecule has 1 aliphatic heterocycles. The molecule has 0 radical (unpaired) electrons. The molecule has 4 rings (SSSR count). The number of hydrogen-bond donors (Lipinski definition) is 1. The number of aromatic nitrogens is 1. The second-order valence-corrected chi connectivity index (χ2v) is 11.1. The van der Waals surface area contributed by atoms with Crippen molar-refractivity contribution in [2.75, 3.05) is 25.5 Å². The van der Waals surface area contributed by atoms with Crippen LogP contribution in [0.15, 0.2) is 51.9 Å². The zero-order chi connectivity index (χ0) is 25.9. The van der Waals surface area contributed by atoms with Crippen LogP contribution in [0.2, 0.25) is 5.02 Å². The van der Waals surface area contributed by atoms with Crippen molar-refractivity contribution in [3.05, 3.63) is 70.1 Å². The molecule has 190 valence electrons. The highest BCUT2D eigenvalue weighted by Crippen LogP contribution is 2.32. The second kappa shape index (κ2) is 10.9. The van der Waals surface area contributed by atoms with E-state index in [1.165, 1.54) is 11.4 Å². The number of rotatable bonds is 7. The van der Waals surface area contributed by atoms with E-state index in [-0.39, 0.29) is 28.8 Å². The third-order valence-electron chi connectivity index (χ3n) is 6.11. The number of benzene rings is 2. The van der Waals surface area contributed by atoms with Gasteiger partial charge in [0.15, 0.2) is 10.7 Å². The number of carbonyl (C=O) groups is 1. The average Bonchev–Trinajstić information content (AvgIpc) is 3.25. The number of nitrogens with one attached hydrogen (secondary N) is 1. The number of ether oxygens (including phenoxy) is 1. The number of carbonyl (C=O) groups excluding carboxylic acids is 1. The number of aryl methyl sites for hydroxylation is 2. The SMILES string of the molecule is COc1ccc(Cl)cc1NC(=O)C1CCCN(S(=O)(=O)c2c(C)noc2C=Cc2ccc(C)cc2)C1. The Morgan fingerprint density at radius 1 is 1.19 bits per heavy atom. The van der Waals surface area contributed by atoms with Crippen molar-refractivity contribution >= 4 is 45.4 Å². The molecule has 3 aromatic rings. The molecule has 0 saturated carbocycles. The van der Waals surface area contributed by atoms with Crippen molar-refractivity contribution in [3.8, 4) is 5.75 Å². The quantitative estimate of drug-likeness (QED) is 0.453. The van der Waals surface area contributed by atoms with Gasteiger partial charge in [-0.3, -0.25) is 4.79 Å². The van der Waals surface area contributed by atoms with Gasteiger partial charge in [-0.05, 0) is 56.5 Å². The smallest absolute Gasteiger partial charge is 0.248 e. The molecule has 2 heterocycles. The number of anilines is 1. The van der Waals surface area contributed by atoms with Gasteiger partial charge in [-0.2, -0.15) is 4.31 Å². The Morgan fingerprint density at radius 2 is 1.94 bits per heavy atom. The van der Waals surface area contributed by atoms with Crippen LogP contribution in [0.25, 0.3) is 12.2 Å². The van der Waals surface area contributed by atoms with Crippen molar-refractivity contribution in [2.24, 2.45) is 5.92 Å². The summed E-state index contributed by atoms with van der Waals surface area (Å²) < 4.78 is 39.3. The second-order valence-electron chi connectivity index (χ2n) is 8.74. The molecular weight excluding hydrogens is 502 g/mol. The molecule has 0 bridgehead atoms. The van der Waals surface area contributed by atoms with E-state index >= 15 is 0 Å². The Balaban J connectivity index is 1.54. The van der Waals surface area contributed by atoms with Gasteiger partial charge in [0.05, 0.1) is 18.7 Å². The lowest BCUT2D eigenvalue weighted by molar-refractivity contribution is -0.120. The molecule has 0 aliphatic carbocycles. The number of methoxy groups -OCH3 is 1. The summed E-state index contributed by atoms with van der Waals surface area (Å²) in [5.74, 6) is -0.206. The van der Waals surface area contributed by atoms with Crippen LogP contribution in [-0.2, 0) is 14.8 Å². The van der Waals surface area contributed by atoms with Crippen LogP contribution in [0.3, 0.4) is 0 Å². The van der Waals surface area contributed by atoms with Crippen LogP contribution in [0, 0.1) is 19.8 Å². The van der Waals surface area contributed by atoms with Gasteiger partial charge in [-0.15, -0.1) is 0 Å². The fraction of sp³-hybridized carbons (Fsp3) is 0.308. The highest BCUT2D eigenvalue weighted by Gasteiger charge is 2.37. The van der Waals surface area contributed by atoms with E-state index in [1.54, 1.807) is 37.3 Å². The normalized spacial score (nSPS) is 16.8. The highest BCUT2D eigenvalue weighted by molar-refractivity contribution is 7.89. The summed E-state index contributed by atoms with van der Waals surface area (Å²) in [4.78, 5) is 13.1. The first-order valence-corrected chi connectivity index (χ1v) is 13.4. The van der Waals surface area contributed by atoms with Crippen LogP contribution in [0.5, 0.6) is 5.75 Å². The molecule has 1 fully saturated rings. The number of amides is 1. The monoisotopic (exact) mass is 529 g/mol. The Kier molecular flexibility index (Phi) is 7.82. The Hall–Kier alpha value is -3.14. The summed E-state index contributed by atoms with van der Waals surface area (Å²) in [6, 6.07) is 12.7. The number of nitrogens with zero attached hydrogens (tertiary/aromatic N) is 2. The zero-order valence-corrected chi connectivity index (χ0v) is 21.9. The van der Waals surface area contributed by atoms with E-state index in [4.69, 9.17) is 20.9 Å². The third-order valence-corrected chi connectivity index (χ3v) is 8.37. The van der Waals surface area contributed by atoms with Gasteiger partial charge in [-0.25, -0.2) is 8.42 Å². The van der Waals surface area contributed by atoms with Crippen LogP contribution in [0.1, 0.15) is 35.4 Å². The van der Waals surface area contributed by atoms with Crippen LogP contribution in [0.4, 0.5) is 5.69 Å². The number of hydrogen-bond acceptors (Lipinski definition) is 6. The number of halogens is 1. The molecule has 8 nitrogen and oxygen atoms in total. The molecule has 1 unspecified atom stereocenters. The van der Waals surface area contributed by atoms with Gasteiger partial charge in [0.2, 0.25) is 15.9 Å². The first-order valence-electron chi connectivity index (χ1n) is 11.5. The Bertz CT molecular complexity index is 1380. The first-order chi connectivity index (χ1) is 17.2. The van der Waals surface area contributed by atoms with Gasteiger partial charge in [0.1, 0.15) is 11.4 Å². The molecule has 1 atom stereocenters.